The monoisotopic (exact) mass is 282 g/mol. The highest BCUT2D eigenvalue weighted by Gasteiger charge is 2.08. The summed E-state index contributed by atoms with van der Waals surface area (Å²) < 4.78 is 5.86. The van der Waals surface area contributed by atoms with Gasteiger partial charge in [-0.1, -0.05) is 25.5 Å². The van der Waals surface area contributed by atoms with Crippen LogP contribution in [0.2, 0.25) is 0 Å². The normalized spacial score (nSPS) is 12.6. The molecule has 0 heterocycles. The van der Waals surface area contributed by atoms with Crippen molar-refractivity contribution in [2.45, 2.75) is 34.1 Å². The van der Waals surface area contributed by atoms with Crippen LogP contribution in [-0.4, -0.2) is 6.61 Å². The molecule has 0 atom stereocenters. The maximum absolute atomic E-state index is 5.86. The number of thiol groups is 2. The number of ether oxygens (including phenoxy) is 1. The summed E-state index contributed by atoms with van der Waals surface area (Å²) in [6, 6.07) is 6.16. The predicted molar refractivity (Wildman–Crippen MR) is 86.7 cm³/mol. The molecule has 0 aromatic heterocycles. The van der Waals surface area contributed by atoms with Crippen molar-refractivity contribution in [3.05, 3.63) is 34.2 Å². The molecule has 3 heteroatoms. The summed E-state index contributed by atoms with van der Waals surface area (Å²) in [7, 11) is 0. The largest absolute Gasteiger partial charge is 0.493 e. The molecule has 0 amide bonds. The van der Waals surface area contributed by atoms with Gasteiger partial charge >= 0.3 is 0 Å². The van der Waals surface area contributed by atoms with Crippen LogP contribution >= 0.6 is 25.3 Å². The Morgan fingerprint density at radius 2 is 1.94 bits per heavy atom. The average molecular weight is 282 g/mol. The minimum Gasteiger partial charge on any atom is -0.493 e. The fourth-order valence-corrected chi connectivity index (χ4v) is 1.85. The van der Waals surface area contributed by atoms with Crippen LogP contribution in [0.5, 0.6) is 5.75 Å². The second-order valence-electron chi connectivity index (χ2n) is 4.96. The minimum atomic E-state index is 0.650. The number of allylic oxidation sites excluding steroid dienone is 1. The third-order valence-corrected chi connectivity index (χ3v) is 3.66. The highest BCUT2D eigenvalue weighted by molar-refractivity contribution is 7.93. The van der Waals surface area contributed by atoms with Crippen molar-refractivity contribution in [3.8, 4) is 5.75 Å². The van der Waals surface area contributed by atoms with E-state index in [0.29, 0.717) is 5.92 Å². The van der Waals surface area contributed by atoms with E-state index in [1.165, 1.54) is 5.56 Å². The molecule has 1 rings (SSSR count). The summed E-state index contributed by atoms with van der Waals surface area (Å²) in [6.45, 7) is 9.13. The molecule has 100 valence electrons. The number of rotatable bonds is 5. The lowest BCUT2D eigenvalue weighted by Crippen LogP contribution is -2.03. The SMILES string of the molecule is C/C(S)=C(/S)c1cc(C)ccc1OCCC(C)C. The maximum Gasteiger partial charge on any atom is 0.127 e. The first kappa shape index (κ1) is 15.5. The molecular weight excluding hydrogens is 260 g/mol. The molecule has 1 aromatic rings. The Hall–Kier alpha value is -0.540. The second kappa shape index (κ2) is 7.15. The van der Waals surface area contributed by atoms with E-state index >= 15 is 0 Å². The van der Waals surface area contributed by atoms with Crippen LogP contribution in [0.4, 0.5) is 0 Å². The number of benzene rings is 1. The highest BCUT2D eigenvalue weighted by Crippen LogP contribution is 2.33. The number of hydrogen-bond acceptors (Lipinski definition) is 3. The Kier molecular flexibility index (Phi) is 6.16. The first-order valence-corrected chi connectivity index (χ1v) is 7.14. The third kappa shape index (κ3) is 4.62. The van der Waals surface area contributed by atoms with Gasteiger partial charge in [0.05, 0.1) is 6.61 Å². The molecule has 0 spiro atoms. The first-order valence-electron chi connectivity index (χ1n) is 6.24. The van der Waals surface area contributed by atoms with Crippen molar-refractivity contribution in [2.24, 2.45) is 5.92 Å². The molecular formula is C15H22OS2. The summed E-state index contributed by atoms with van der Waals surface area (Å²) in [6.07, 6.45) is 1.05. The molecule has 0 bridgehead atoms. The zero-order valence-corrected chi connectivity index (χ0v) is 13.3. The second-order valence-corrected chi connectivity index (χ2v) is 6.08. The lowest BCUT2D eigenvalue weighted by atomic mass is 10.1. The van der Waals surface area contributed by atoms with Crippen LogP contribution in [-0.2, 0) is 0 Å². The van der Waals surface area contributed by atoms with Crippen LogP contribution in [0.1, 0.15) is 38.3 Å². The number of aryl methyl sites for hydroxylation is 1. The van der Waals surface area contributed by atoms with Crippen molar-refractivity contribution in [1.29, 1.82) is 0 Å². The third-order valence-electron chi connectivity index (χ3n) is 2.69. The summed E-state index contributed by atoms with van der Waals surface area (Å²) in [5.41, 5.74) is 2.22. The van der Waals surface area contributed by atoms with Gasteiger partial charge in [0, 0.05) is 10.5 Å². The van der Waals surface area contributed by atoms with Gasteiger partial charge in [0.15, 0.2) is 0 Å². The van der Waals surface area contributed by atoms with Gasteiger partial charge in [0.25, 0.3) is 0 Å². The standard InChI is InChI=1S/C15H22OS2/c1-10(2)7-8-16-14-6-5-11(3)9-13(14)15(18)12(4)17/h5-6,9-10,17-18H,7-8H2,1-4H3/b15-12-. The Labute approximate surface area is 121 Å². The summed E-state index contributed by atoms with van der Waals surface area (Å²) in [5.74, 6) is 1.54. The molecule has 0 saturated carbocycles. The fourth-order valence-electron chi connectivity index (χ4n) is 1.55. The molecule has 0 aliphatic carbocycles. The van der Waals surface area contributed by atoms with Gasteiger partial charge in [0.1, 0.15) is 5.75 Å². The van der Waals surface area contributed by atoms with Gasteiger partial charge in [-0.3, -0.25) is 0 Å². The zero-order chi connectivity index (χ0) is 13.7. The van der Waals surface area contributed by atoms with Crippen LogP contribution in [0.15, 0.2) is 23.1 Å². The Bertz CT molecular complexity index is 432. The van der Waals surface area contributed by atoms with E-state index in [1.54, 1.807) is 0 Å². The summed E-state index contributed by atoms with van der Waals surface area (Å²) in [5, 5.41) is 0. The molecule has 0 N–H and O–H groups in total. The van der Waals surface area contributed by atoms with Gasteiger partial charge in [-0.2, -0.15) is 0 Å². The van der Waals surface area contributed by atoms with Gasteiger partial charge < -0.3 is 4.74 Å². The van der Waals surface area contributed by atoms with E-state index in [4.69, 9.17) is 4.74 Å². The molecule has 0 saturated heterocycles. The first-order chi connectivity index (χ1) is 8.41. The topological polar surface area (TPSA) is 9.23 Å². The Morgan fingerprint density at radius 3 is 2.50 bits per heavy atom. The molecule has 0 aliphatic rings. The lowest BCUT2D eigenvalue weighted by molar-refractivity contribution is 0.289. The van der Waals surface area contributed by atoms with Gasteiger partial charge in [0.2, 0.25) is 0 Å². The molecule has 18 heavy (non-hydrogen) atoms. The smallest absolute Gasteiger partial charge is 0.127 e. The van der Waals surface area contributed by atoms with Crippen LogP contribution < -0.4 is 4.74 Å². The summed E-state index contributed by atoms with van der Waals surface area (Å²) in [4.78, 5) is 1.78. The van der Waals surface area contributed by atoms with E-state index in [2.05, 4.69) is 58.2 Å². The van der Waals surface area contributed by atoms with Crippen molar-refractivity contribution < 1.29 is 4.74 Å². The van der Waals surface area contributed by atoms with Gasteiger partial charge in [-0.25, -0.2) is 0 Å². The zero-order valence-electron chi connectivity index (χ0n) is 11.5. The minimum absolute atomic E-state index is 0.650. The Morgan fingerprint density at radius 1 is 1.28 bits per heavy atom. The van der Waals surface area contributed by atoms with E-state index in [-0.39, 0.29) is 0 Å². The lowest BCUT2D eigenvalue weighted by Gasteiger charge is -2.14. The maximum atomic E-state index is 5.86. The van der Waals surface area contributed by atoms with Crippen molar-refractivity contribution in [1.82, 2.24) is 0 Å². The average Bonchev–Trinajstić information content (AvgIpc) is 2.29. The number of hydrogen-bond donors (Lipinski definition) is 2. The van der Waals surface area contributed by atoms with E-state index in [1.807, 2.05) is 13.0 Å². The Balaban J connectivity index is 2.94. The van der Waals surface area contributed by atoms with Crippen LogP contribution in [0, 0.1) is 12.8 Å². The van der Waals surface area contributed by atoms with E-state index < -0.39 is 0 Å². The molecule has 1 nitrogen and oxygen atoms in total. The molecule has 0 radical (unpaired) electrons. The highest BCUT2D eigenvalue weighted by atomic mass is 32.1. The molecule has 0 fully saturated rings. The van der Waals surface area contributed by atoms with E-state index in [0.717, 1.165) is 34.2 Å². The molecule has 0 aliphatic heterocycles. The van der Waals surface area contributed by atoms with Crippen molar-refractivity contribution in [3.63, 3.8) is 0 Å². The quantitative estimate of drug-likeness (QED) is 0.725. The van der Waals surface area contributed by atoms with Crippen molar-refractivity contribution >= 4 is 30.2 Å². The van der Waals surface area contributed by atoms with Crippen LogP contribution in [0.3, 0.4) is 0 Å². The summed E-state index contributed by atoms with van der Waals surface area (Å²) >= 11 is 8.87. The van der Waals surface area contributed by atoms with Gasteiger partial charge in [-0.15, -0.1) is 25.3 Å². The van der Waals surface area contributed by atoms with E-state index in [9.17, 15) is 0 Å². The molecule has 0 unspecified atom stereocenters. The molecule has 1 aromatic carbocycles. The van der Waals surface area contributed by atoms with Gasteiger partial charge in [-0.05, 0) is 43.2 Å². The van der Waals surface area contributed by atoms with Crippen LogP contribution in [0.25, 0.3) is 4.91 Å². The fraction of sp³-hybridized carbons (Fsp3) is 0.467. The van der Waals surface area contributed by atoms with Crippen molar-refractivity contribution in [2.75, 3.05) is 6.61 Å². The predicted octanol–water partition coefficient (Wildman–Crippen LogP) is 4.97.